The SMILES string of the molecule is CC=C(n1nnc2ccccc21)S(=O)(=O)c1ccc(C)cc1. The van der Waals surface area contributed by atoms with E-state index in [1.54, 1.807) is 43.3 Å². The average molecular weight is 313 g/mol. The first-order valence-corrected chi connectivity index (χ1v) is 8.31. The van der Waals surface area contributed by atoms with Crippen LogP contribution in [0.5, 0.6) is 0 Å². The van der Waals surface area contributed by atoms with Gasteiger partial charge in [0.05, 0.1) is 10.4 Å². The van der Waals surface area contributed by atoms with Crippen LogP contribution in [0, 0.1) is 6.92 Å². The molecule has 0 aliphatic heterocycles. The monoisotopic (exact) mass is 313 g/mol. The van der Waals surface area contributed by atoms with Gasteiger partial charge in [0, 0.05) is 0 Å². The molecule has 22 heavy (non-hydrogen) atoms. The van der Waals surface area contributed by atoms with Gasteiger partial charge >= 0.3 is 0 Å². The van der Waals surface area contributed by atoms with Crippen LogP contribution in [0.2, 0.25) is 0 Å². The van der Waals surface area contributed by atoms with Gasteiger partial charge in [-0.3, -0.25) is 0 Å². The first-order valence-electron chi connectivity index (χ1n) is 6.83. The van der Waals surface area contributed by atoms with Crippen molar-refractivity contribution < 1.29 is 8.42 Å². The van der Waals surface area contributed by atoms with Crippen molar-refractivity contribution in [3.63, 3.8) is 0 Å². The average Bonchev–Trinajstić information content (AvgIpc) is 2.92. The minimum atomic E-state index is -3.66. The zero-order valence-electron chi connectivity index (χ0n) is 12.3. The fraction of sp³-hybridized carbons (Fsp3) is 0.125. The van der Waals surface area contributed by atoms with Gasteiger partial charge in [0.1, 0.15) is 5.52 Å². The zero-order valence-corrected chi connectivity index (χ0v) is 13.1. The Hall–Kier alpha value is -2.47. The third kappa shape index (κ3) is 2.31. The number of benzene rings is 2. The molecule has 1 aromatic heterocycles. The standard InChI is InChI=1S/C16H15N3O2S/c1-3-16(19-15-7-5-4-6-14(15)17-18-19)22(20,21)13-10-8-12(2)9-11-13/h3-11H,1-2H3. The Balaban J connectivity index is 2.17. The summed E-state index contributed by atoms with van der Waals surface area (Å²) in [5.74, 6) is 0. The number of hydrogen-bond acceptors (Lipinski definition) is 4. The largest absolute Gasteiger partial charge is 0.223 e. The fourth-order valence-corrected chi connectivity index (χ4v) is 3.67. The molecule has 0 bridgehead atoms. The summed E-state index contributed by atoms with van der Waals surface area (Å²) in [7, 11) is -3.66. The predicted octanol–water partition coefficient (Wildman–Crippen LogP) is 3.03. The third-order valence-corrected chi connectivity index (χ3v) is 5.27. The molecule has 0 atom stereocenters. The molecule has 2 aromatic carbocycles. The van der Waals surface area contributed by atoms with Crippen molar-refractivity contribution in [2.24, 2.45) is 0 Å². The van der Waals surface area contributed by atoms with Gasteiger partial charge in [0.25, 0.3) is 0 Å². The summed E-state index contributed by atoms with van der Waals surface area (Å²) in [5, 5.41) is 8.11. The number of aryl methyl sites for hydroxylation is 1. The first-order chi connectivity index (χ1) is 10.5. The number of hydrogen-bond donors (Lipinski definition) is 0. The van der Waals surface area contributed by atoms with Crippen LogP contribution in [0.25, 0.3) is 16.1 Å². The Morgan fingerprint density at radius 1 is 1.09 bits per heavy atom. The Morgan fingerprint density at radius 3 is 2.45 bits per heavy atom. The molecule has 0 aliphatic carbocycles. The van der Waals surface area contributed by atoms with Crippen molar-refractivity contribution in [1.82, 2.24) is 15.0 Å². The van der Waals surface area contributed by atoms with Gasteiger partial charge < -0.3 is 0 Å². The summed E-state index contributed by atoms with van der Waals surface area (Å²) in [5.41, 5.74) is 2.32. The zero-order chi connectivity index (χ0) is 15.7. The molecule has 0 fully saturated rings. The number of sulfone groups is 1. The van der Waals surface area contributed by atoms with E-state index in [1.165, 1.54) is 10.8 Å². The molecule has 3 rings (SSSR count). The maximum Gasteiger partial charge on any atom is 0.223 e. The maximum absolute atomic E-state index is 12.9. The lowest BCUT2D eigenvalue weighted by molar-refractivity contribution is 0.602. The molecule has 6 heteroatoms. The van der Waals surface area contributed by atoms with Gasteiger partial charge in [-0.25, -0.2) is 13.1 Å². The highest BCUT2D eigenvalue weighted by Crippen LogP contribution is 2.25. The molecule has 0 unspecified atom stereocenters. The van der Waals surface area contributed by atoms with Gasteiger partial charge in [-0.05, 0) is 44.2 Å². The van der Waals surface area contributed by atoms with Crippen LogP contribution in [-0.4, -0.2) is 23.4 Å². The Morgan fingerprint density at radius 2 is 1.77 bits per heavy atom. The Labute approximate surface area is 128 Å². The molecule has 5 nitrogen and oxygen atoms in total. The lowest BCUT2D eigenvalue weighted by Gasteiger charge is -2.09. The molecule has 0 spiro atoms. The highest BCUT2D eigenvalue weighted by atomic mass is 32.2. The van der Waals surface area contributed by atoms with Crippen LogP contribution in [0.15, 0.2) is 59.5 Å². The summed E-state index contributed by atoms with van der Waals surface area (Å²) in [6.07, 6.45) is 1.54. The molecule has 0 N–H and O–H groups in total. The molecule has 0 amide bonds. The summed E-state index contributed by atoms with van der Waals surface area (Å²) < 4.78 is 27.1. The molecule has 0 saturated heterocycles. The van der Waals surface area contributed by atoms with E-state index in [1.807, 2.05) is 19.1 Å². The van der Waals surface area contributed by atoms with Crippen LogP contribution >= 0.6 is 0 Å². The number of nitrogens with zero attached hydrogens (tertiary/aromatic N) is 3. The topological polar surface area (TPSA) is 64.8 Å². The van der Waals surface area contributed by atoms with Crippen molar-refractivity contribution in [2.45, 2.75) is 18.7 Å². The second kappa shape index (κ2) is 5.38. The Bertz CT molecular complexity index is 954. The molecule has 1 heterocycles. The van der Waals surface area contributed by atoms with E-state index in [0.29, 0.717) is 11.0 Å². The van der Waals surface area contributed by atoms with Gasteiger partial charge in [0.2, 0.25) is 9.84 Å². The van der Waals surface area contributed by atoms with E-state index in [-0.39, 0.29) is 9.92 Å². The van der Waals surface area contributed by atoms with Crippen molar-refractivity contribution >= 4 is 25.9 Å². The van der Waals surface area contributed by atoms with E-state index in [9.17, 15) is 8.42 Å². The second-order valence-electron chi connectivity index (χ2n) is 4.93. The van der Waals surface area contributed by atoms with Crippen molar-refractivity contribution in [1.29, 1.82) is 0 Å². The van der Waals surface area contributed by atoms with Gasteiger partial charge in [-0.2, -0.15) is 0 Å². The summed E-state index contributed by atoms with van der Waals surface area (Å²) in [6, 6.07) is 14.0. The van der Waals surface area contributed by atoms with Crippen LogP contribution in [0.3, 0.4) is 0 Å². The maximum atomic E-state index is 12.9. The van der Waals surface area contributed by atoms with E-state index in [0.717, 1.165) is 5.56 Å². The molecule has 0 aliphatic rings. The summed E-state index contributed by atoms with van der Waals surface area (Å²) in [4.78, 5) is 0.241. The highest BCUT2D eigenvalue weighted by molar-refractivity contribution is 8.00. The highest BCUT2D eigenvalue weighted by Gasteiger charge is 2.24. The summed E-state index contributed by atoms with van der Waals surface area (Å²) in [6.45, 7) is 3.59. The molecule has 0 radical (unpaired) electrons. The lowest BCUT2D eigenvalue weighted by Crippen LogP contribution is -2.11. The van der Waals surface area contributed by atoms with Gasteiger partial charge in [-0.15, -0.1) is 5.10 Å². The van der Waals surface area contributed by atoms with Gasteiger partial charge in [-0.1, -0.05) is 35.0 Å². The van der Waals surface area contributed by atoms with Crippen LogP contribution in [0.4, 0.5) is 0 Å². The minimum absolute atomic E-state index is 0.102. The summed E-state index contributed by atoms with van der Waals surface area (Å²) >= 11 is 0. The smallest absolute Gasteiger partial charge is 0.217 e. The third-order valence-electron chi connectivity index (χ3n) is 3.41. The molecule has 0 saturated carbocycles. The molecular formula is C16H15N3O2S. The van der Waals surface area contributed by atoms with E-state index >= 15 is 0 Å². The lowest BCUT2D eigenvalue weighted by atomic mass is 10.2. The van der Waals surface area contributed by atoms with Crippen molar-refractivity contribution in [3.8, 4) is 0 Å². The van der Waals surface area contributed by atoms with Crippen molar-refractivity contribution in [2.75, 3.05) is 0 Å². The quantitative estimate of drug-likeness (QED) is 0.745. The van der Waals surface area contributed by atoms with E-state index in [4.69, 9.17) is 0 Å². The predicted molar refractivity (Wildman–Crippen MR) is 85.8 cm³/mol. The number of allylic oxidation sites excluding steroid dienone is 1. The number of rotatable bonds is 3. The molecule has 112 valence electrons. The Kier molecular flexibility index (Phi) is 3.54. The fourth-order valence-electron chi connectivity index (χ4n) is 2.26. The van der Waals surface area contributed by atoms with E-state index < -0.39 is 9.84 Å². The molecular weight excluding hydrogens is 298 g/mol. The normalized spacial score (nSPS) is 12.7. The van der Waals surface area contributed by atoms with Crippen LogP contribution < -0.4 is 0 Å². The van der Waals surface area contributed by atoms with Crippen LogP contribution in [0.1, 0.15) is 12.5 Å². The second-order valence-corrected chi connectivity index (χ2v) is 6.83. The number of para-hydroxylation sites is 1. The van der Waals surface area contributed by atoms with Crippen molar-refractivity contribution in [3.05, 3.63) is 60.2 Å². The van der Waals surface area contributed by atoms with Crippen LogP contribution in [-0.2, 0) is 9.84 Å². The van der Waals surface area contributed by atoms with Gasteiger partial charge in [0.15, 0.2) is 5.03 Å². The first kappa shape index (κ1) is 14.5. The minimum Gasteiger partial charge on any atom is -0.217 e. The molecule has 3 aromatic rings. The number of fused-ring (bicyclic) bond motifs is 1. The number of aromatic nitrogens is 3. The van der Waals surface area contributed by atoms with E-state index in [2.05, 4.69) is 10.3 Å².